The zero-order valence-corrected chi connectivity index (χ0v) is 12.5. The van der Waals surface area contributed by atoms with Gasteiger partial charge in [-0.25, -0.2) is 4.98 Å². The normalized spacial score (nSPS) is 10.5. The zero-order chi connectivity index (χ0) is 12.4. The fourth-order valence-corrected chi connectivity index (χ4v) is 2.94. The molecule has 2 aromatic rings. The second kappa shape index (κ2) is 5.25. The molecule has 0 spiro atoms. The molecule has 0 aliphatic rings. The van der Waals surface area contributed by atoms with Gasteiger partial charge in [-0.1, -0.05) is 34.2 Å². The molecule has 0 fully saturated rings. The smallest absolute Gasteiger partial charge is 0.1000 e. The number of rotatable bonds is 3. The molecule has 0 atom stereocenters. The molecule has 2 nitrogen and oxygen atoms in total. The van der Waals surface area contributed by atoms with E-state index in [4.69, 9.17) is 18.0 Å². The lowest BCUT2D eigenvalue weighted by Crippen LogP contribution is -2.10. The first-order chi connectivity index (χ1) is 8.06. The van der Waals surface area contributed by atoms with Crippen molar-refractivity contribution < 1.29 is 0 Å². The highest BCUT2D eigenvalue weighted by Gasteiger charge is 2.08. The third-order valence-electron chi connectivity index (χ3n) is 2.35. The fraction of sp³-hybridized carbons (Fsp3) is 0.167. The number of nitrogens with two attached hydrogens (primary N) is 1. The van der Waals surface area contributed by atoms with Crippen LogP contribution in [-0.4, -0.2) is 9.97 Å². The van der Waals surface area contributed by atoms with Crippen LogP contribution < -0.4 is 5.73 Å². The van der Waals surface area contributed by atoms with Crippen LogP contribution >= 0.6 is 39.5 Å². The Labute approximate surface area is 118 Å². The summed E-state index contributed by atoms with van der Waals surface area (Å²) in [6.07, 6.45) is 0.576. The minimum absolute atomic E-state index is 0.483. The van der Waals surface area contributed by atoms with Gasteiger partial charge in [0.1, 0.15) is 0 Å². The van der Waals surface area contributed by atoms with Crippen LogP contribution in [0, 0.1) is 6.92 Å². The molecule has 0 unspecified atom stereocenters. The number of nitrogens with zero attached hydrogens (tertiary/aromatic N) is 1. The number of benzene rings is 1. The Morgan fingerprint density at radius 1 is 1.53 bits per heavy atom. The van der Waals surface area contributed by atoms with Crippen molar-refractivity contribution in [3.05, 3.63) is 38.6 Å². The van der Waals surface area contributed by atoms with Gasteiger partial charge in [0.25, 0.3) is 0 Å². The summed E-state index contributed by atoms with van der Waals surface area (Å²) in [6, 6.07) is 6.18. The Morgan fingerprint density at radius 3 is 3.00 bits per heavy atom. The van der Waals surface area contributed by atoms with Crippen molar-refractivity contribution in [2.24, 2.45) is 5.73 Å². The van der Waals surface area contributed by atoms with E-state index in [2.05, 4.69) is 40.0 Å². The quantitative estimate of drug-likeness (QED) is 0.874. The first kappa shape index (κ1) is 12.7. The highest BCUT2D eigenvalue weighted by Crippen LogP contribution is 2.28. The van der Waals surface area contributed by atoms with Gasteiger partial charge in [0, 0.05) is 21.8 Å². The van der Waals surface area contributed by atoms with Crippen molar-refractivity contribution in [2.45, 2.75) is 13.3 Å². The predicted octanol–water partition coefficient (Wildman–Crippen LogP) is 3.71. The molecule has 1 aromatic heterocycles. The van der Waals surface area contributed by atoms with Crippen LogP contribution in [-0.2, 0) is 6.42 Å². The average molecular weight is 327 g/mol. The molecule has 1 heterocycles. The van der Waals surface area contributed by atoms with Crippen molar-refractivity contribution >= 4 is 44.5 Å². The number of halogens is 1. The lowest BCUT2D eigenvalue weighted by Gasteiger charge is -2.02. The van der Waals surface area contributed by atoms with Crippen molar-refractivity contribution in [1.29, 1.82) is 0 Å². The highest BCUT2D eigenvalue weighted by atomic mass is 79.9. The average Bonchev–Trinajstić information content (AvgIpc) is 2.69. The van der Waals surface area contributed by atoms with Gasteiger partial charge in [-0.2, -0.15) is 0 Å². The molecular formula is C12H11BrN2S2. The number of hydrogen-bond donors (Lipinski definition) is 1. The lowest BCUT2D eigenvalue weighted by molar-refractivity contribution is 1.22. The molecule has 2 N–H and O–H groups in total. The van der Waals surface area contributed by atoms with Crippen molar-refractivity contribution in [2.75, 3.05) is 0 Å². The largest absolute Gasteiger partial charge is 0.393 e. The summed E-state index contributed by atoms with van der Waals surface area (Å²) < 4.78 is 1.06. The molecule has 0 amide bonds. The van der Waals surface area contributed by atoms with Gasteiger partial charge in [0.15, 0.2) is 0 Å². The van der Waals surface area contributed by atoms with Gasteiger partial charge in [0.2, 0.25) is 0 Å². The van der Waals surface area contributed by atoms with Crippen LogP contribution in [0.5, 0.6) is 0 Å². The molecule has 0 aliphatic heterocycles. The van der Waals surface area contributed by atoms with Gasteiger partial charge >= 0.3 is 0 Å². The Bertz CT molecular complexity index is 563. The van der Waals surface area contributed by atoms with Gasteiger partial charge in [-0.05, 0) is 24.6 Å². The molecule has 88 valence electrons. The lowest BCUT2D eigenvalue weighted by atomic mass is 10.1. The van der Waals surface area contributed by atoms with Gasteiger partial charge in [0.05, 0.1) is 15.7 Å². The molecule has 2 rings (SSSR count). The molecule has 17 heavy (non-hydrogen) atoms. The first-order valence-corrected chi connectivity index (χ1v) is 7.13. The van der Waals surface area contributed by atoms with E-state index in [0.29, 0.717) is 11.4 Å². The maximum atomic E-state index is 5.52. The third-order valence-corrected chi connectivity index (χ3v) is 3.84. The molecule has 1 aromatic carbocycles. The maximum absolute atomic E-state index is 5.52. The summed E-state index contributed by atoms with van der Waals surface area (Å²) in [4.78, 5) is 5.04. The maximum Gasteiger partial charge on any atom is 0.1000 e. The van der Waals surface area contributed by atoms with Crippen molar-refractivity contribution in [1.82, 2.24) is 4.98 Å². The monoisotopic (exact) mass is 326 g/mol. The van der Waals surface area contributed by atoms with Crippen LogP contribution in [0.15, 0.2) is 28.1 Å². The number of aryl methyl sites for hydroxylation is 1. The first-order valence-electron chi connectivity index (χ1n) is 5.05. The molecular weight excluding hydrogens is 316 g/mol. The van der Waals surface area contributed by atoms with E-state index in [1.165, 1.54) is 5.56 Å². The minimum atomic E-state index is 0.483. The Hall–Kier alpha value is -0.780. The second-order valence-corrected chi connectivity index (χ2v) is 6.11. The SMILES string of the molecule is Cc1ccc(Br)cc1-c1csc(CC(N)=S)n1. The van der Waals surface area contributed by atoms with E-state index >= 15 is 0 Å². The van der Waals surface area contributed by atoms with Gasteiger partial charge in [-0.15, -0.1) is 11.3 Å². The Kier molecular flexibility index (Phi) is 3.91. The summed E-state index contributed by atoms with van der Waals surface area (Å²) in [5, 5.41) is 3.01. The van der Waals surface area contributed by atoms with E-state index in [-0.39, 0.29) is 0 Å². The number of thiazole rings is 1. The van der Waals surface area contributed by atoms with E-state index in [9.17, 15) is 0 Å². The number of hydrogen-bond acceptors (Lipinski definition) is 3. The van der Waals surface area contributed by atoms with Crippen molar-refractivity contribution in [3.8, 4) is 11.3 Å². The van der Waals surface area contributed by atoms with Crippen LogP contribution in [0.3, 0.4) is 0 Å². The molecule has 0 saturated carbocycles. The van der Waals surface area contributed by atoms with E-state index in [1.807, 2.05) is 11.4 Å². The molecule has 5 heteroatoms. The summed E-state index contributed by atoms with van der Waals surface area (Å²) >= 11 is 9.96. The molecule has 0 bridgehead atoms. The Balaban J connectivity index is 2.36. The summed E-state index contributed by atoms with van der Waals surface area (Å²) in [7, 11) is 0. The van der Waals surface area contributed by atoms with E-state index in [1.54, 1.807) is 11.3 Å². The van der Waals surface area contributed by atoms with E-state index in [0.717, 1.165) is 20.7 Å². The van der Waals surface area contributed by atoms with E-state index < -0.39 is 0 Å². The minimum Gasteiger partial charge on any atom is -0.393 e. The summed E-state index contributed by atoms with van der Waals surface area (Å²) in [5.74, 6) is 0. The zero-order valence-electron chi connectivity index (χ0n) is 9.24. The number of thiocarbonyl (C=S) groups is 1. The molecule has 0 saturated heterocycles. The summed E-state index contributed by atoms with van der Waals surface area (Å²) in [6.45, 7) is 2.08. The van der Waals surface area contributed by atoms with Crippen LogP contribution in [0.1, 0.15) is 10.6 Å². The number of aromatic nitrogens is 1. The molecule has 0 aliphatic carbocycles. The molecule has 0 radical (unpaired) electrons. The summed E-state index contributed by atoms with van der Waals surface area (Å²) in [5.41, 5.74) is 8.86. The van der Waals surface area contributed by atoms with Crippen LogP contribution in [0.2, 0.25) is 0 Å². The third kappa shape index (κ3) is 3.12. The topological polar surface area (TPSA) is 38.9 Å². The predicted molar refractivity (Wildman–Crippen MR) is 80.5 cm³/mol. The van der Waals surface area contributed by atoms with Gasteiger partial charge in [-0.3, -0.25) is 0 Å². The highest BCUT2D eigenvalue weighted by molar-refractivity contribution is 9.10. The van der Waals surface area contributed by atoms with Crippen LogP contribution in [0.4, 0.5) is 0 Å². The Morgan fingerprint density at radius 2 is 2.29 bits per heavy atom. The van der Waals surface area contributed by atoms with Crippen LogP contribution in [0.25, 0.3) is 11.3 Å². The second-order valence-electron chi connectivity index (χ2n) is 3.73. The van der Waals surface area contributed by atoms with Gasteiger partial charge < -0.3 is 5.73 Å². The van der Waals surface area contributed by atoms with Crippen molar-refractivity contribution in [3.63, 3.8) is 0 Å². The fourth-order valence-electron chi connectivity index (χ4n) is 1.54. The standard InChI is InChI=1S/C12H11BrN2S2/c1-7-2-3-8(13)4-9(7)10-6-17-12(15-10)5-11(14)16/h2-4,6H,5H2,1H3,(H2,14,16).